The third-order valence-electron chi connectivity index (χ3n) is 6.28. The van der Waals surface area contributed by atoms with Crippen molar-refractivity contribution in [3.8, 4) is 33.4 Å². The Morgan fingerprint density at radius 3 is 1.57 bits per heavy atom. The smallest absolute Gasteiger partial charge is 0.297 e. The zero-order valence-electron chi connectivity index (χ0n) is 22.3. The number of rotatable bonds is 10. The molecule has 0 aromatic heterocycles. The molecule has 0 spiro atoms. The molecular weight excluding hydrogens is 655 g/mol. The highest BCUT2D eigenvalue weighted by Gasteiger charge is 2.28. The third kappa shape index (κ3) is 7.30. The molecule has 0 aliphatic carbocycles. The molecule has 0 radical (unpaired) electrons. The second-order valence-electron chi connectivity index (χ2n) is 9.13. The van der Waals surface area contributed by atoms with Crippen molar-refractivity contribution >= 4 is 72.3 Å². The van der Waals surface area contributed by atoms with Crippen molar-refractivity contribution in [1.29, 1.82) is 5.53 Å². The van der Waals surface area contributed by atoms with Crippen LogP contribution in [0.5, 0.6) is 0 Å². The van der Waals surface area contributed by atoms with Gasteiger partial charge in [0.15, 0.2) is 0 Å². The van der Waals surface area contributed by atoms with Crippen LogP contribution < -0.4 is 10.6 Å². The Labute approximate surface area is 262 Å². The molecule has 0 bridgehead atoms. The predicted octanol–water partition coefficient (Wildman–Crippen LogP) is 6.20. The highest BCUT2D eigenvalue weighted by Crippen LogP contribution is 2.44. The number of hydrogen-bond acceptors (Lipinski definition) is 8. The molecule has 0 saturated heterocycles. The normalized spacial score (nSPS) is 11.5. The second kappa shape index (κ2) is 13.2. The van der Waals surface area contributed by atoms with Gasteiger partial charge in [-0.25, -0.2) is 5.53 Å². The number of halogens is 2. The SMILES string of the molecule is N=Nc1c(-c2ccc(NC(=O)CCl)cc2)ccc(-c2ccc(-c3ccc(NC(=O)CCl)cc3)cc2S(=O)(=O)O)c1S(=O)(=O)O. The van der Waals surface area contributed by atoms with Gasteiger partial charge in [-0.3, -0.25) is 18.7 Å². The number of benzene rings is 4. The zero-order chi connectivity index (χ0) is 32.2. The summed E-state index contributed by atoms with van der Waals surface area (Å²) in [5, 5.41) is 8.46. The van der Waals surface area contributed by atoms with Crippen LogP contribution in [0.4, 0.5) is 17.1 Å². The van der Waals surface area contributed by atoms with E-state index >= 15 is 0 Å². The van der Waals surface area contributed by atoms with Crippen LogP contribution in [0.25, 0.3) is 33.4 Å². The lowest BCUT2D eigenvalue weighted by Crippen LogP contribution is -2.12. The van der Waals surface area contributed by atoms with Crippen molar-refractivity contribution < 1.29 is 35.5 Å². The first-order valence-corrected chi connectivity index (χ1v) is 16.3. The van der Waals surface area contributed by atoms with Gasteiger partial charge in [0.25, 0.3) is 20.2 Å². The van der Waals surface area contributed by atoms with E-state index in [0.717, 1.165) is 6.07 Å². The van der Waals surface area contributed by atoms with Crippen LogP contribution in [-0.4, -0.2) is 49.5 Å². The molecule has 44 heavy (non-hydrogen) atoms. The Morgan fingerprint density at radius 1 is 0.659 bits per heavy atom. The molecule has 228 valence electrons. The first-order chi connectivity index (χ1) is 20.8. The Morgan fingerprint density at radius 2 is 1.11 bits per heavy atom. The lowest BCUT2D eigenvalue weighted by molar-refractivity contribution is -0.114. The standard InChI is InChI=1S/C28H22Cl2N4O8S2/c29-14-25(35)32-19-6-1-16(2-7-19)18-5-10-22(24(13-18)43(37,38)39)23-12-11-21(27(34-31)28(23)44(40,41)42)17-3-8-20(9-4-17)33-26(36)15-30/h1-13,31H,14-15H2,(H,32,35)(H,33,36)(H,37,38,39)(H,40,41,42). The number of nitrogens with one attached hydrogen (secondary N) is 3. The zero-order valence-corrected chi connectivity index (χ0v) is 25.4. The van der Waals surface area contributed by atoms with Crippen LogP contribution in [0.3, 0.4) is 0 Å². The predicted molar refractivity (Wildman–Crippen MR) is 166 cm³/mol. The Balaban J connectivity index is 1.87. The van der Waals surface area contributed by atoms with Crippen LogP contribution in [-0.2, 0) is 29.8 Å². The van der Waals surface area contributed by atoms with Gasteiger partial charge < -0.3 is 10.6 Å². The summed E-state index contributed by atoms with van der Waals surface area (Å²) in [6, 6.07) is 18.7. The lowest BCUT2D eigenvalue weighted by atomic mass is 9.96. The molecule has 12 nitrogen and oxygen atoms in total. The highest BCUT2D eigenvalue weighted by atomic mass is 35.5. The molecule has 0 saturated carbocycles. The summed E-state index contributed by atoms with van der Waals surface area (Å²) >= 11 is 11.0. The van der Waals surface area contributed by atoms with Gasteiger partial charge >= 0.3 is 0 Å². The number of alkyl halides is 2. The summed E-state index contributed by atoms with van der Waals surface area (Å²) < 4.78 is 70.8. The quantitative estimate of drug-likeness (QED) is 0.0741. The fourth-order valence-corrected chi connectivity index (χ4v) is 6.12. The maximum absolute atomic E-state index is 12.7. The Kier molecular flexibility index (Phi) is 9.83. The maximum Gasteiger partial charge on any atom is 0.297 e. The van der Waals surface area contributed by atoms with Crippen molar-refractivity contribution in [2.45, 2.75) is 9.79 Å². The van der Waals surface area contributed by atoms with Crippen LogP contribution in [0, 0.1) is 5.53 Å². The first kappa shape index (κ1) is 32.7. The summed E-state index contributed by atoms with van der Waals surface area (Å²) in [6.45, 7) is 0. The number of carbonyl (C=O) groups is 2. The molecule has 4 aromatic carbocycles. The van der Waals surface area contributed by atoms with E-state index in [1.54, 1.807) is 24.3 Å². The summed E-state index contributed by atoms with van der Waals surface area (Å²) in [5.74, 6) is -1.39. The third-order valence-corrected chi connectivity index (χ3v) is 8.58. The van der Waals surface area contributed by atoms with Gasteiger partial charge in [-0.05, 0) is 47.0 Å². The number of carbonyl (C=O) groups excluding carboxylic acids is 2. The molecule has 0 unspecified atom stereocenters. The van der Waals surface area contributed by atoms with Crippen LogP contribution >= 0.6 is 23.2 Å². The largest absolute Gasteiger partial charge is 0.325 e. The molecule has 5 N–H and O–H groups in total. The summed E-state index contributed by atoms with van der Waals surface area (Å²) in [4.78, 5) is 21.6. The average molecular weight is 678 g/mol. The first-order valence-electron chi connectivity index (χ1n) is 12.3. The molecule has 4 rings (SSSR count). The molecule has 2 amide bonds. The van der Waals surface area contributed by atoms with Gasteiger partial charge in [0.05, 0.1) is 0 Å². The van der Waals surface area contributed by atoms with E-state index in [0.29, 0.717) is 28.1 Å². The highest BCUT2D eigenvalue weighted by molar-refractivity contribution is 7.86. The molecule has 0 atom stereocenters. The van der Waals surface area contributed by atoms with Crippen molar-refractivity contribution in [3.05, 3.63) is 78.9 Å². The van der Waals surface area contributed by atoms with E-state index in [1.807, 2.05) is 0 Å². The minimum Gasteiger partial charge on any atom is -0.325 e. The molecule has 4 aromatic rings. The molecule has 16 heteroatoms. The van der Waals surface area contributed by atoms with Gasteiger partial charge in [-0.15, -0.1) is 23.2 Å². The van der Waals surface area contributed by atoms with Crippen LogP contribution in [0.15, 0.2) is 93.8 Å². The molecule has 0 aliphatic rings. The summed E-state index contributed by atoms with van der Waals surface area (Å²) in [5.41, 5.74) is 8.70. The summed E-state index contributed by atoms with van der Waals surface area (Å²) in [7, 11) is -10.1. The van der Waals surface area contributed by atoms with E-state index < -0.39 is 47.5 Å². The molecule has 0 aliphatic heterocycles. The van der Waals surface area contributed by atoms with Gasteiger partial charge in [-0.1, -0.05) is 48.5 Å². The van der Waals surface area contributed by atoms with E-state index in [1.165, 1.54) is 48.5 Å². The average Bonchev–Trinajstić information content (AvgIpc) is 2.99. The monoisotopic (exact) mass is 676 g/mol. The van der Waals surface area contributed by atoms with E-state index in [-0.39, 0.29) is 28.5 Å². The minimum atomic E-state index is -5.13. The van der Waals surface area contributed by atoms with Crippen molar-refractivity contribution in [2.24, 2.45) is 5.11 Å². The Bertz CT molecular complexity index is 1990. The minimum absolute atomic E-state index is 0.0953. The maximum atomic E-state index is 12.7. The van der Waals surface area contributed by atoms with E-state index in [9.17, 15) is 35.5 Å². The lowest BCUT2D eigenvalue weighted by Gasteiger charge is -2.17. The van der Waals surface area contributed by atoms with E-state index in [4.69, 9.17) is 28.7 Å². The topological polar surface area (TPSA) is 203 Å². The van der Waals surface area contributed by atoms with Crippen molar-refractivity contribution in [1.82, 2.24) is 0 Å². The van der Waals surface area contributed by atoms with Gasteiger partial charge in [0.1, 0.15) is 27.2 Å². The molecule has 0 fully saturated rings. The fourth-order valence-electron chi connectivity index (χ4n) is 4.39. The number of amides is 2. The van der Waals surface area contributed by atoms with Gasteiger partial charge in [-0.2, -0.15) is 21.9 Å². The number of nitrogens with zero attached hydrogens (tertiary/aromatic N) is 1. The Hall–Kier alpha value is -4.18. The second-order valence-corrected chi connectivity index (χ2v) is 12.4. The fraction of sp³-hybridized carbons (Fsp3) is 0.0714. The van der Waals surface area contributed by atoms with Crippen molar-refractivity contribution in [2.75, 3.05) is 22.4 Å². The number of hydrogen-bond donors (Lipinski definition) is 5. The molecule has 0 heterocycles. The van der Waals surface area contributed by atoms with Crippen LogP contribution in [0.2, 0.25) is 0 Å². The van der Waals surface area contributed by atoms with E-state index in [2.05, 4.69) is 15.7 Å². The summed E-state index contributed by atoms with van der Waals surface area (Å²) in [6.07, 6.45) is 0. The molecular formula is C28H22Cl2N4O8S2. The number of anilines is 2. The van der Waals surface area contributed by atoms with Crippen molar-refractivity contribution in [3.63, 3.8) is 0 Å². The van der Waals surface area contributed by atoms with Gasteiger partial charge in [0, 0.05) is 28.1 Å². The van der Waals surface area contributed by atoms with Gasteiger partial charge in [0.2, 0.25) is 11.8 Å². The van der Waals surface area contributed by atoms with Crippen LogP contribution in [0.1, 0.15) is 0 Å².